The van der Waals surface area contributed by atoms with Gasteiger partial charge in [-0.3, -0.25) is 15.1 Å². The smallest absolute Gasteiger partial charge is 0.337 e. The third-order valence-electron chi connectivity index (χ3n) is 3.77. The van der Waals surface area contributed by atoms with Crippen molar-refractivity contribution >= 4 is 33.3 Å². The number of carbonyl (C=O) groups is 1. The number of hydrogen-bond acceptors (Lipinski definition) is 8. The summed E-state index contributed by atoms with van der Waals surface area (Å²) in [5.74, 6) is 0.0461. The number of anilines is 1. The Morgan fingerprint density at radius 1 is 1.15 bits per heavy atom. The summed E-state index contributed by atoms with van der Waals surface area (Å²) in [6.45, 7) is 0. The molecule has 0 unspecified atom stereocenters. The van der Waals surface area contributed by atoms with Crippen molar-refractivity contribution in [3.05, 3.63) is 64.8 Å². The van der Waals surface area contributed by atoms with Gasteiger partial charge in [-0.15, -0.1) is 10.2 Å². The first-order valence-electron chi connectivity index (χ1n) is 7.81. The number of amides is 1. The number of nitrogens with one attached hydrogen (secondary N) is 1. The quantitative estimate of drug-likeness (QED) is 0.542. The number of aromatic nitrogens is 3. The molecule has 134 valence electrons. The van der Waals surface area contributed by atoms with Crippen LogP contribution in [0.1, 0.15) is 10.4 Å². The summed E-state index contributed by atoms with van der Waals surface area (Å²) in [5, 5.41) is 12.2. The molecule has 0 radical (unpaired) electrons. The van der Waals surface area contributed by atoms with Crippen LogP contribution < -0.4 is 15.7 Å². The third kappa shape index (κ3) is 3.40. The number of benzene rings is 1. The fourth-order valence-corrected chi connectivity index (χ4v) is 3.25. The van der Waals surface area contributed by atoms with Crippen LogP contribution in [-0.4, -0.2) is 28.2 Å². The molecule has 0 bridgehead atoms. The molecule has 3 aromatic heterocycles. The van der Waals surface area contributed by atoms with E-state index in [1.165, 1.54) is 18.4 Å². The van der Waals surface area contributed by atoms with E-state index in [0.717, 1.165) is 11.6 Å². The predicted octanol–water partition coefficient (Wildman–Crippen LogP) is 2.97. The molecular weight excluding hydrogens is 368 g/mol. The Morgan fingerprint density at radius 2 is 1.96 bits per heavy atom. The zero-order valence-corrected chi connectivity index (χ0v) is 14.8. The first-order chi connectivity index (χ1) is 13.1. The van der Waals surface area contributed by atoms with Crippen molar-refractivity contribution in [1.82, 2.24) is 15.2 Å². The third-order valence-corrected chi connectivity index (χ3v) is 4.66. The van der Waals surface area contributed by atoms with Crippen LogP contribution in [0.5, 0.6) is 5.75 Å². The zero-order valence-electron chi connectivity index (χ0n) is 14.0. The van der Waals surface area contributed by atoms with Gasteiger partial charge in [0.05, 0.1) is 12.7 Å². The van der Waals surface area contributed by atoms with Crippen LogP contribution >= 0.6 is 11.3 Å². The minimum absolute atomic E-state index is 0.185. The molecule has 0 aliphatic rings. The van der Waals surface area contributed by atoms with Gasteiger partial charge in [0.15, 0.2) is 0 Å². The Kier molecular flexibility index (Phi) is 4.35. The maximum absolute atomic E-state index is 12.7. The normalized spacial score (nSPS) is 10.7. The number of hydrogen-bond donors (Lipinski definition) is 1. The fourth-order valence-electron chi connectivity index (χ4n) is 2.51. The number of rotatable bonds is 4. The lowest BCUT2D eigenvalue weighted by molar-refractivity contribution is 0.102. The summed E-state index contributed by atoms with van der Waals surface area (Å²) >= 11 is 1.22. The predicted molar refractivity (Wildman–Crippen MR) is 100 cm³/mol. The maximum atomic E-state index is 12.7. The van der Waals surface area contributed by atoms with Crippen molar-refractivity contribution in [3.63, 3.8) is 0 Å². The minimum Gasteiger partial charge on any atom is -0.497 e. The fraction of sp³-hybridized carbons (Fsp3) is 0.0556. The van der Waals surface area contributed by atoms with Gasteiger partial charge in [0.2, 0.25) is 5.13 Å². The Hall–Kier alpha value is -3.59. The number of carbonyl (C=O) groups excluding carboxylic acids is 1. The molecule has 4 aromatic rings. The molecule has 27 heavy (non-hydrogen) atoms. The average Bonchev–Trinajstić information content (AvgIpc) is 3.15. The maximum Gasteiger partial charge on any atom is 0.337 e. The molecule has 1 aromatic carbocycles. The van der Waals surface area contributed by atoms with Crippen molar-refractivity contribution < 1.29 is 13.9 Å². The number of fused-ring (bicyclic) bond motifs is 1. The molecule has 0 aliphatic heterocycles. The SMILES string of the molecule is COc1ccc2c(C(=O)Nc3nnc(-c4ccncc4)s3)cc(=O)oc2c1. The summed E-state index contributed by atoms with van der Waals surface area (Å²) in [7, 11) is 1.51. The van der Waals surface area contributed by atoms with Gasteiger partial charge in [0, 0.05) is 35.5 Å². The molecule has 1 N–H and O–H groups in total. The van der Waals surface area contributed by atoms with Gasteiger partial charge >= 0.3 is 5.63 Å². The van der Waals surface area contributed by atoms with Gasteiger partial charge < -0.3 is 9.15 Å². The van der Waals surface area contributed by atoms with Crippen molar-refractivity contribution in [2.75, 3.05) is 12.4 Å². The first-order valence-corrected chi connectivity index (χ1v) is 8.63. The molecule has 0 aliphatic carbocycles. The topological polar surface area (TPSA) is 107 Å². The Bertz CT molecular complexity index is 1190. The second-order valence-corrected chi connectivity index (χ2v) is 6.42. The molecule has 1 amide bonds. The van der Waals surface area contributed by atoms with Gasteiger partial charge in [-0.25, -0.2) is 4.79 Å². The van der Waals surface area contributed by atoms with Crippen molar-refractivity contribution in [3.8, 4) is 16.3 Å². The molecule has 9 heteroatoms. The highest BCUT2D eigenvalue weighted by Crippen LogP contribution is 2.27. The van der Waals surface area contributed by atoms with Crippen LogP contribution in [0.25, 0.3) is 21.5 Å². The number of pyridine rings is 1. The van der Waals surface area contributed by atoms with Crippen molar-refractivity contribution in [2.24, 2.45) is 0 Å². The van der Waals surface area contributed by atoms with E-state index >= 15 is 0 Å². The minimum atomic E-state index is -0.629. The summed E-state index contributed by atoms with van der Waals surface area (Å²) in [6.07, 6.45) is 3.30. The van der Waals surface area contributed by atoms with Crippen LogP contribution in [0.2, 0.25) is 0 Å². The van der Waals surface area contributed by atoms with E-state index < -0.39 is 11.5 Å². The van der Waals surface area contributed by atoms with E-state index in [2.05, 4.69) is 20.5 Å². The van der Waals surface area contributed by atoms with Crippen LogP contribution in [0.3, 0.4) is 0 Å². The molecule has 0 fully saturated rings. The van der Waals surface area contributed by atoms with E-state index in [-0.39, 0.29) is 11.1 Å². The van der Waals surface area contributed by atoms with Crippen LogP contribution in [0.15, 0.2) is 58.0 Å². The summed E-state index contributed by atoms with van der Waals surface area (Å²) < 4.78 is 10.3. The van der Waals surface area contributed by atoms with E-state index in [4.69, 9.17) is 9.15 Å². The number of ether oxygens (including phenoxy) is 1. The van der Waals surface area contributed by atoms with Gasteiger partial charge in [-0.2, -0.15) is 0 Å². The van der Waals surface area contributed by atoms with Crippen LogP contribution in [-0.2, 0) is 0 Å². The van der Waals surface area contributed by atoms with Crippen molar-refractivity contribution in [1.29, 1.82) is 0 Å². The molecule has 0 spiro atoms. The molecule has 0 saturated carbocycles. The van der Waals surface area contributed by atoms with Gasteiger partial charge in [0.1, 0.15) is 16.3 Å². The van der Waals surface area contributed by atoms with Crippen LogP contribution in [0, 0.1) is 0 Å². The standard InChI is InChI=1S/C18H12N4O4S/c1-25-11-2-3-12-13(9-15(23)26-14(12)8-11)16(24)20-18-22-21-17(27-18)10-4-6-19-7-5-10/h2-9H,1H3,(H,20,22,24). The summed E-state index contributed by atoms with van der Waals surface area (Å²) in [6, 6.07) is 9.65. The van der Waals surface area contributed by atoms with Gasteiger partial charge in [-0.05, 0) is 24.3 Å². The van der Waals surface area contributed by atoms with Crippen LogP contribution in [0.4, 0.5) is 5.13 Å². The molecule has 0 saturated heterocycles. The highest BCUT2D eigenvalue weighted by molar-refractivity contribution is 7.18. The van der Waals surface area contributed by atoms with Crippen molar-refractivity contribution in [2.45, 2.75) is 0 Å². The van der Waals surface area contributed by atoms with E-state index in [1.54, 1.807) is 42.7 Å². The van der Waals surface area contributed by atoms with E-state index in [1.807, 2.05) is 0 Å². The lowest BCUT2D eigenvalue weighted by atomic mass is 10.1. The molecule has 3 heterocycles. The lowest BCUT2D eigenvalue weighted by Gasteiger charge is -2.06. The summed E-state index contributed by atoms with van der Waals surface area (Å²) in [4.78, 5) is 28.5. The Morgan fingerprint density at radius 3 is 2.74 bits per heavy atom. The average molecular weight is 380 g/mol. The first kappa shape index (κ1) is 16.9. The van der Waals surface area contributed by atoms with Gasteiger partial charge in [-0.1, -0.05) is 11.3 Å². The summed E-state index contributed by atoms with van der Waals surface area (Å²) in [5.41, 5.74) is 0.669. The second kappa shape index (κ2) is 6.96. The largest absolute Gasteiger partial charge is 0.497 e. The Balaban J connectivity index is 1.66. The second-order valence-electron chi connectivity index (χ2n) is 5.44. The molecule has 8 nitrogen and oxygen atoms in total. The number of methoxy groups -OCH3 is 1. The zero-order chi connectivity index (χ0) is 18.8. The molecule has 0 atom stereocenters. The number of nitrogens with zero attached hydrogens (tertiary/aromatic N) is 3. The van der Waals surface area contributed by atoms with E-state index in [0.29, 0.717) is 21.3 Å². The highest BCUT2D eigenvalue weighted by Gasteiger charge is 2.16. The highest BCUT2D eigenvalue weighted by atomic mass is 32.1. The van der Waals surface area contributed by atoms with Gasteiger partial charge in [0.25, 0.3) is 5.91 Å². The lowest BCUT2D eigenvalue weighted by Crippen LogP contribution is -2.15. The monoisotopic (exact) mass is 380 g/mol. The van der Waals surface area contributed by atoms with E-state index in [9.17, 15) is 9.59 Å². The molecular formula is C18H12N4O4S. The Labute approximate surface area is 156 Å². The molecule has 4 rings (SSSR count).